The summed E-state index contributed by atoms with van der Waals surface area (Å²) in [6.45, 7) is 5.29. The van der Waals surface area contributed by atoms with Crippen molar-refractivity contribution in [3.63, 3.8) is 0 Å². The van der Waals surface area contributed by atoms with Crippen molar-refractivity contribution in [2.75, 3.05) is 0 Å². The second-order valence-corrected chi connectivity index (χ2v) is 6.08. The number of hydrogen-bond acceptors (Lipinski definition) is 3. The molecule has 2 N–H and O–H groups in total. The molecule has 0 fully saturated rings. The van der Waals surface area contributed by atoms with Gasteiger partial charge in [-0.1, -0.05) is 18.2 Å². The fourth-order valence-corrected chi connectivity index (χ4v) is 2.51. The van der Waals surface area contributed by atoms with E-state index in [1.165, 1.54) is 11.3 Å². The number of rotatable bonds is 3. The predicted octanol–water partition coefficient (Wildman–Crippen LogP) is 2.79. The minimum absolute atomic E-state index is 0.137. The molecule has 1 heterocycles. The third-order valence-electron chi connectivity index (χ3n) is 3.13. The molecule has 3 nitrogen and oxygen atoms in total. The third-order valence-corrected chi connectivity index (χ3v) is 4.24. The van der Waals surface area contributed by atoms with Crippen LogP contribution in [0.5, 0.6) is 0 Å². The lowest BCUT2D eigenvalue weighted by Gasteiger charge is -2.29. The highest BCUT2D eigenvalue weighted by atomic mass is 32.1. The van der Waals surface area contributed by atoms with Crippen molar-refractivity contribution in [1.82, 2.24) is 5.32 Å². The Bertz CT molecular complexity index is 539. The first-order valence-corrected chi connectivity index (χ1v) is 6.71. The number of benzene rings is 1. The van der Waals surface area contributed by atoms with Crippen molar-refractivity contribution in [2.45, 2.75) is 32.4 Å². The van der Waals surface area contributed by atoms with Gasteiger partial charge in [-0.25, -0.2) is 0 Å². The highest BCUT2D eigenvalue weighted by Gasteiger charge is 2.27. The van der Waals surface area contributed by atoms with E-state index in [0.29, 0.717) is 4.88 Å². The Morgan fingerprint density at radius 2 is 2.06 bits per heavy atom. The summed E-state index contributed by atoms with van der Waals surface area (Å²) in [5.41, 5.74) is -0.632. The Balaban J connectivity index is 2.24. The molecular formula is C14H17NO2S. The fraction of sp³-hybridized carbons (Fsp3) is 0.357. The van der Waals surface area contributed by atoms with Gasteiger partial charge in [-0.05, 0) is 38.3 Å². The lowest BCUT2D eigenvalue weighted by Crippen LogP contribution is -2.50. The zero-order chi connectivity index (χ0) is 13.3. The highest BCUT2D eigenvalue weighted by Crippen LogP contribution is 2.25. The van der Waals surface area contributed by atoms with Gasteiger partial charge in [0.15, 0.2) is 0 Å². The number of thiophene rings is 1. The molecule has 1 aromatic carbocycles. The van der Waals surface area contributed by atoms with Gasteiger partial charge in [-0.2, -0.15) is 0 Å². The van der Waals surface area contributed by atoms with E-state index in [-0.39, 0.29) is 5.91 Å². The molecule has 4 heteroatoms. The van der Waals surface area contributed by atoms with Gasteiger partial charge in [-0.3, -0.25) is 4.79 Å². The standard InChI is InChI=1S/C14H17NO2S/c1-9(16)14(2,3)15-13(17)12-8-10-6-4-5-7-11(10)18-12/h4-9,16H,1-3H3,(H,15,17). The molecule has 0 bridgehead atoms. The Morgan fingerprint density at radius 3 is 2.67 bits per heavy atom. The van der Waals surface area contributed by atoms with E-state index in [2.05, 4.69) is 5.32 Å². The van der Waals surface area contributed by atoms with Gasteiger partial charge in [0.1, 0.15) is 0 Å². The van der Waals surface area contributed by atoms with Crippen molar-refractivity contribution in [3.05, 3.63) is 35.2 Å². The third kappa shape index (κ3) is 2.54. The predicted molar refractivity (Wildman–Crippen MR) is 75.1 cm³/mol. The number of amides is 1. The zero-order valence-electron chi connectivity index (χ0n) is 10.7. The number of nitrogens with one attached hydrogen (secondary N) is 1. The molecule has 0 aliphatic heterocycles. The van der Waals surface area contributed by atoms with Crippen LogP contribution in [0.15, 0.2) is 30.3 Å². The lowest BCUT2D eigenvalue weighted by atomic mass is 9.99. The molecule has 2 rings (SSSR count). The molecule has 0 radical (unpaired) electrons. The summed E-state index contributed by atoms with van der Waals surface area (Å²) >= 11 is 1.46. The molecule has 1 atom stereocenters. The second-order valence-electron chi connectivity index (χ2n) is 5.00. The molecule has 0 saturated heterocycles. The van der Waals surface area contributed by atoms with E-state index in [1.54, 1.807) is 6.92 Å². The zero-order valence-corrected chi connectivity index (χ0v) is 11.5. The van der Waals surface area contributed by atoms with Crippen molar-refractivity contribution < 1.29 is 9.90 Å². The van der Waals surface area contributed by atoms with Gasteiger partial charge in [-0.15, -0.1) is 11.3 Å². The van der Waals surface area contributed by atoms with E-state index in [1.807, 2.05) is 44.2 Å². The van der Waals surface area contributed by atoms with Crippen LogP contribution in [0.3, 0.4) is 0 Å². The average molecular weight is 263 g/mol. The largest absolute Gasteiger partial charge is 0.391 e. The van der Waals surface area contributed by atoms with Gasteiger partial charge in [0.05, 0.1) is 16.5 Å². The Labute approximate surface area is 110 Å². The van der Waals surface area contributed by atoms with Crippen LogP contribution in [0.1, 0.15) is 30.4 Å². The number of aliphatic hydroxyl groups is 1. The van der Waals surface area contributed by atoms with Gasteiger partial charge in [0, 0.05) is 4.70 Å². The Morgan fingerprint density at radius 1 is 1.39 bits per heavy atom. The molecule has 1 aromatic heterocycles. The molecule has 2 aromatic rings. The van der Waals surface area contributed by atoms with Crippen molar-refractivity contribution >= 4 is 27.3 Å². The Hall–Kier alpha value is -1.39. The summed E-state index contributed by atoms with van der Waals surface area (Å²) in [7, 11) is 0. The summed E-state index contributed by atoms with van der Waals surface area (Å²) in [5, 5.41) is 13.5. The van der Waals surface area contributed by atoms with Crippen LogP contribution in [-0.4, -0.2) is 22.7 Å². The smallest absolute Gasteiger partial charge is 0.261 e. The summed E-state index contributed by atoms with van der Waals surface area (Å²) in [6, 6.07) is 9.78. The summed E-state index contributed by atoms with van der Waals surface area (Å²) in [6.07, 6.45) is -0.601. The molecule has 1 amide bonds. The van der Waals surface area contributed by atoms with E-state index in [0.717, 1.165) is 10.1 Å². The maximum absolute atomic E-state index is 12.1. The quantitative estimate of drug-likeness (QED) is 0.894. The van der Waals surface area contributed by atoms with Gasteiger partial charge in [0.2, 0.25) is 0 Å². The monoisotopic (exact) mass is 263 g/mol. The van der Waals surface area contributed by atoms with E-state index < -0.39 is 11.6 Å². The van der Waals surface area contributed by atoms with Crippen molar-refractivity contribution in [1.29, 1.82) is 0 Å². The van der Waals surface area contributed by atoms with E-state index in [9.17, 15) is 9.90 Å². The van der Waals surface area contributed by atoms with Gasteiger partial charge in [0.25, 0.3) is 5.91 Å². The molecule has 18 heavy (non-hydrogen) atoms. The topological polar surface area (TPSA) is 49.3 Å². The van der Waals surface area contributed by atoms with Gasteiger partial charge < -0.3 is 10.4 Å². The maximum Gasteiger partial charge on any atom is 0.261 e. The summed E-state index contributed by atoms with van der Waals surface area (Å²) in [4.78, 5) is 12.8. The molecule has 0 saturated carbocycles. The molecule has 0 aliphatic carbocycles. The lowest BCUT2D eigenvalue weighted by molar-refractivity contribution is 0.0713. The van der Waals surface area contributed by atoms with Crippen molar-refractivity contribution in [3.8, 4) is 0 Å². The minimum atomic E-state index is -0.632. The molecule has 0 spiro atoms. The SMILES string of the molecule is CC(O)C(C)(C)NC(=O)c1cc2ccccc2s1. The van der Waals surface area contributed by atoms with Crippen LogP contribution in [0.4, 0.5) is 0 Å². The normalized spacial score (nSPS) is 13.6. The first-order valence-electron chi connectivity index (χ1n) is 5.89. The molecule has 1 unspecified atom stereocenters. The summed E-state index contributed by atoms with van der Waals surface area (Å²) in [5.74, 6) is -0.137. The highest BCUT2D eigenvalue weighted by molar-refractivity contribution is 7.20. The Kier molecular flexibility index (Phi) is 3.41. The first-order chi connectivity index (χ1) is 8.40. The van der Waals surface area contributed by atoms with Crippen LogP contribution >= 0.6 is 11.3 Å². The van der Waals surface area contributed by atoms with Crippen LogP contribution in [0.2, 0.25) is 0 Å². The van der Waals surface area contributed by atoms with E-state index >= 15 is 0 Å². The summed E-state index contributed by atoms with van der Waals surface area (Å²) < 4.78 is 1.09. The number of hydrogen-bond donors (Lipinski definition) is 2. The van der Waals surface area contributed by atoms with Crippen molar-refractivity contribution in [2.24, 2.45) is 0 Å². The first kappa shape index (κ1) is 13.1. The van der Waals surface area contributed by atoms with Crippen LogP contribution in [0.25, 0.3) is 10.1 Å². The molecule has 0 aliphatic rings. The second kappa shape index (κ2) is 4.71. The number of carbonyl (C=O) groups excluding carboxylic acids is 1. The van der Waals surface area contributed by atoms with Crippen LogP contribution in [0, 0.1) is 0 Å². The average Bonchev–Trinajstić information content (AvgIpc) is 2.71. The maximum atomic E-state index is 12.1. The number of aliphatic hydroxyl groups excluding tert-OH is 1. The molecular weight excluding hydrogens is 246 g/mol. The van der Waals surface area contributed by atoms with Gasteiger partial charge >= 0.3 is 0 Å². The van der Waals surface area contributed by atoms with Crippen LogP contribution < -0.4 is 5.32 Å². The minimum Gasteiger partial charge on any atom is -0.391 e. The molecule has 96 valence electrons. The fourth-order valence-electron chi connectivity index (χ4n) is 1.55. The van der Waals surface area contributed by atoms with E-state index in [4.69, 9.17) is 0 Å². The number of carbonyl (C=O) groups is 1. The van der Waals surface area contributed by atoms with Crippen LogP contribution in [-0.2, 0) is 0 Å². The number of fused-ring (bicyclic) bond motifs is 1.